The highest BCUT2D eigenvalue weighted by Crippen LogP contribution is 2.43. The van der Waals surface area contributed by atoms with Crippen LogP contribution < -0.4 is 0 Å². The second-order valence-electron chi connectivity index (χ2n) is 4.10. The molecule has 1 saturated carbocycles. The van der Waals surface area contributed by atoms with Gasteiger partial charge in [-0.25, -0.2) is 8.78 Å². The lowest BCUT2D eigenvalue weighted by Gasteiger charge is -2.44. The summed E-state index contributed by atoms with van der Waals surface area (Å²) >= 11 is 0. The molecular weight excluding hydrogens is 234 g/mol. The number of methoxy groups -OCH3 is 2. The molecule has 0 spiro atoms. The van der Waals surface area contributed by atoms with Crippen LogP contribution in [0.3, 0.4) is 0 Å². The van der Waals surface area contributed by atoms with Crippen molar-refractivity contribution in [3.63, 3.8) is 0 Å². The van der Waals surface area contributed by atoms with Crippen LogP contribution in [0.1, 0.15) is 26.7 Å². The van der Waals surface area contributed by atoms with Crippen molar-refractivity contribution >= 4 is 6.47 Å². The normalized spacial score (nSPS) is 18.4. The second kappa shape index (κ2) is 7.55. The molecule has 0 unspecified atom stereocenters. The fraction of sp³-hybridized carbons (Fsp3) is 0.909. The topological polar surface area (TPSA) is 44.8 Å². The average molecular weight is 254 g/mol. The van der Waals surface area contributed by atoms with Gasteiger partial charge in [0.2, 0.25) is 6.43 Å². The number of hydrogen-bond acceptors (Lipinski definition) is 4. The molecule has 0 atom stereocenters. The smallest absolute Gasteiger partial charge is 0.293 e. The van der Waals surface area contributed by atoms with E-state index in [9.17, 15) is 13.6 Å². The summed E-state index contributed by atoms with van der Waals surface area (Å²) in [5.74, 6) is -1.27. The van der Waals surface area contributed by atoms with E-state index in [0.29, 0.717) is 19.3 Å². The summed E-state index contributed by atoms with van der Waals surface area (Å²) in [5.41, 5.74) is 0. The van der Waals surface area contributed by atoms with Crippen LogP contribution in [0, 0.1) is 5.92 Å². The van der Waals surface area contributed by atoms with E-state index in [1.165, 1.54) is 14.2 Å². The molecule has 0 radical (unpaired) electrons. The zero-order chi connectivity index (χ0) is 13.5. The Balaban J connectivity index is 0.000000366. The van der Waals surface area contributed by atoms with Gasteiger partial charge in [0.05, 0.1) is 6.10 Å². The quantitative estimate of drug-likeness (QED) is 0.557. The molecule has 0 heterocycles. The standard InChI is InChI=1S/C7H12F2O2.C4H8O2/c1-10-7(11-2)3-5(4-7)6(8)9;1-4(2)6-3-5/h5-6H,3-4H2,1-2H3;3-4H,1-2H3. The van der Waals surface area contributed by atoms with Crippen LogP contribution in [0.25, 0.3) is 0 Å². The van der Waals surface area contributed by atoms with Gasteiger partial charge >= 0.3 is 0 Å². The Kier molecular flexibility index (Phi) is 7.22. The Morgan fingerprint density at radius 1 is 1.24 bits per heavy atom. The van der Waals surface area contributed by atoms with Gasteiger partial charge in [-0.2, -0.15) is 0 Å². The fourth-order valence-corrected chi connectivity index (χ4v) is 1.45. The van der Waals surface area contributed by atoms with Crippen LogP contribution >= 0.6 is 0 Å². The molecule has 0 aromatic rings. The molecule has 102 valence electrons. The van der Waals surface area contributed by atoms with Crippen LogP contribution in [0.4, 0.5) is 8.78 Å². The zero-order valence-corrected chi connectivity index (χ0v) is 10.6. The van der Waals surface area contributed by atoms with Crippen LogP contribution in [-0.4, -0.2) is 39.0 Å². The highest BCUT2D eigenvalue weighted by atomic mass is 19.3. The first kappa shape index (κ1) is 16.2. The van der Waals surface area contributed by atoms with E-state index < -0.39 is 18.1 Å². The number of halogens is 2. The molecule has 1 aliphatic carbocycles. The molecule has 1 rings (SSSR count). The minimum atomic E-state index is -2.24. The van der Waals surface area contributed by atoms with Crippen molar-refractivity contribution in [2.75, 3.05) is 14.2 Å². The Labute approximate surface area is 100 Å². The lowest BCUT2D eigenvalue weighted by molar-refractivity contribution is -0.283. The van der Waals surface area contributed by atoms with Crippen LogP contribution in [-0.2, 0) is 19.0 Å². The van der Waals surface area contributed by atoms with Crippen molar-refractivity contribution < 1.29 is 27.8 Å². The predicted molar refractivity (Wildman–Crippen MR) is 57.8 cm³/mol. The molecule has 0 bridgehead atoms. The largest absolute Gasteiger partial charge is 0.465 e. The first-order valence-electron chi connectivity index (χ1n) is 5.38. The summed E-state index contributed by atoms with van der Waals surface area (Å²) in [6.07, 6.45) is -1.61. The van der Waals surface area contributed by atoms with E-state index in [4.69, 9.17) is 9.47 Å². The summed E-state index contributed by atoms with van der Waals surface area (Å²) in [7, 11) is 2.95. The minimum Gasteiger partial charge on any atom is -0.465 e. The van der Waals surface area contributed by atoms with Crippen molar-refractivity contribution in [1.82, 2.24) is 0 Å². The van der Waals surface area contributed by atoms with Crippen molar-refractivity contribution in [1.29, 1.82) is 0 Å². The van der Waals surface area contributed by atoms with E-state index >= 15 is 0 Å². The number of alkyl halides is 2. The summed E-state index contributed by atoms with van der Waals surface area (Å²) < 4.78 is 38.2. The van der Waals surface area contributed by atoms with Gasteiger partial charge in [-0.1, -0.05) is 0 Å². The maximum Gasteiger partial charge on any atom is 0.293 e. The van der Waals surface area contributed by atoms with Gasteiger partial charge in [-0.15, -0.1) is 0 Å². The molecule has 4 nitrogen and oxygen atoms in total. The van der Waals surface area contributed by atoms with Crippen molar-refractivity contribution in [2.24, 2.45) is 5.92 Å². The first-order valence-corrected chi connectivity index (χ1v) is 5.38. The third kappa shape index (κ3) is 5.41. The summed E-state index contributed by atoms with van der Waals surface area (Å²) in [4.78, 5) is 9.39. The Morgan fingerprint density at radius 3 is 1.88 bits per heavy atom. The number of carbonyl (C=O) groups is 1. The van der Waals surface area contributed by atoms with Gasteiger partial charge in [0.1, 0.15) is 0 Å². The molecule has 0 saturated heterocycles. The SMILES string of the molecule is CC(C)OC=O.COC1(OC)CC(C(F)F)C1. The number of hydrogen-bond donors (Lipinski definition) is 0. The van der Waals surface area contributed by atoms with E-state index in [0.717, 1.165) is 0 Å². The van der Waals surface area contributed by atoms with Gasteiger partial charge in [0, 0.05) is 33.0 Å². The monoisotopic (exact) mass is 254 g/mol. The van der Waals surface area contributed by atoms with Crippen LogP contribution in [0.15, 0.2) is 0 Å². The lowest BCUT2D eigenvalue weighted by atomic mass is 9.79. The van der Waals surface area contributed by atoms with Gasteiger partial charge in [0.25, 0.3) is 6.47 Å². The summed E-state index contributed by atoms with van der Waals surface area (Å²) in [5, 5.41) is 0. The third-order valence-corrected chi connectivity index (χ3v) is 2.57. The molecule has 0 aromatic carbocycles. The minimum absolute atomic E-state index is 0.0301. The molecule has 1 fully saturated rings. The van der Waals surface area contributed by atoms with Gasteiger partial charge in [-0.3, -0.25) is 4.79 Å². The van der Waals surface area contributed by atoms with Gasteiger partial charge < -0.3 is 14.2 Å². The average Bonchev–Trinajstić information content (AvgIpc) is 2.18. The Hall–Kier alpha value is -0.750. The predicted octanol–water partition coefficient (Wildman–Crippen LogP) is 2.22. The molecule has 0 aliphatic heterocycles. The second-order valence-corrected chi connectivity index (χ2v) is 4.10. The van der Waals surface area contributed by atoms with Crippen LogP contribution in [0.2, 0.25) is 0 Å². The van der Waals surface area contributed by atoms with Crippen molar-refractivity contribution in [3.05, 3.63) is 0 Å². The zero-order valence-electron chi connectivity index (χ0n) is 10.6. The molecule has 0 aromatic heterocycles. The highest BCUT2D eigenvalue weighted by Gasteiger charge is 2.48. The van der Waals surface area contributed by atoms with E-state index in [-0.39, 0.29) is 6.10 Å². The van der Waals surface area contributed by atoms with Crippen molar-refractivity contribution in [3.8, 4) is 0 Å². The van der Waals surface area contributed by atoms with E-state index in [1.807, 2.05) is 0 Å². The molecule has 6 heteroatoms. The maximum absolute atomic E-state index is 12.0. The van der Waals surface area contributed by atoms with Crippen molar-refractivity contribution in [2.45, 2.75) is 45.0 Å². The molecule has 0 amide bonds. The lowest BCUT2D eigenvalue weighted by Crippen LogP contribution is -2.49. The third-order valence-electron chi connectivity index (χ3n) is 2.57. The summed E-state index contributed by atoms with van der Waals surface area (Å²) in [6, 6.07) is 0. The van der Waals surface area contributed by atoms with E-state index in [1.54, 1.807) is 13.8 Å². The maximum atomic E-state index is 12.0. The van der Waals surface area contributed by atoms with Gasteiger partial charge in [0.15, 0.2) is 5.79 Å². The highest BCUT2D eigenvalue weighted by molar-refractivity contribution is 5.37. The van der Waals surface area contributed by atoms with E-state index in [2.05, 4.69) is 4.74 Å². The number of rotatable bonds is 5. The molecule has 0 N–H and O–H groups in total. The van der Waals surface area contributed by atoms with Crippen LogP contribution in [0.5, 0.6) is 0 Å². The summed E-state index contributed by atoms with van der Waals surface area (Å²) in [6.45, 7) is 4.05. The first-order chi connectivity index (χ1) is 7.90. The molecule has 1 aliphatic rings. The molecular formula is C11H20F2O4. The fourth-order valence-electron chi connectivity index (χ4n) is 1.45. The Morgan fingerprint density at radius 2 is 1.71 bits per heavy atom. The number of ether oxygens (including phenoxy) is 3. The Bertz CT molecular complexity index is 210. The number of carbonyl (C=O) groups excluding carboxylic acids is 1. The van der Waals surface area contributed by atoms with Gasteiger partial charge in [-0.05, 0) is 13.8 Å². The molecule has 17 heavy (non-hydrogen) atoms.